The molecule has 3 amide bonds. The van der Waals surface area contributed by atoms with Crippen molar-refractivity contribution in [3.05, 3.63) is 29.8 Å². The van der Waals surface area contributed by atoms with Crippen molar-refractivity contribution in [2.45, 2.75) is 56.6 Å². The van der Waals surface area contributed by atoms with Gasteiger partial charge in [-0.2, -0.15) is 13.2 Å². The molecule has 41 heavy (non-hydrogen) atoms. The van der Waals surface area contributed by atoms with Gasteiger partial charge in [0.15, 0.2) is 0 Å². The van der Waals surface area contributed by atoms with Crippen molar-refractivity contribution in [2.75, 3.05) is 59.8 Å². The number of nitrogens with zero attached hydrogens (tertiary/aromatic N) is 1. The lowest BCUT2D eigenvalue weighted by Gasteiger charge is -2.27. The van der Waals surface area contributed by atoms with Crippen LogP contribution in [0, 0.1) is 0 Å². The lowest BCUT2D eigenvalue weighted by molar-refractivity contribution is -0.147. The van der Waals surface area contributed by atoms with E-state index < -0.39 is 48.1 Å². The first-order chi connectivity index (χ1) is 19.4. The monoisotopic (exact) mass is 588 g/mol. The average molecular weight is 589 g/mol. The Labute approximate surface area is 237 Å². The Balaban J connectivity index is 1.65. The smallest absolute Gasteiger partial charge is 0.391 e. The molecule has 0 bridgehead atoms. The third kappa shape index (κ3) is 11.8. The van der Waals surface area contributed by atoms with E-state index in [0.29, 0.717) is 44.2 Å². The number of hydrogen-bond acceptors (Lipinski definition) is 8. The molecule has 1 aromatic carbocycles. The van der Waals surface area contributed by atoms with Crippen LogP contribution >= 0.6 is 0 Å². The summed E-state index contributed by atoms with van der Waals surface area (Å²) in [7, 11) is 1.50. The number of ether oxygens (including phenoxy) is 4. The van der Waals surface area contributed by atoms with Crippen LogP contribution in [0.1, 0.15) is 25.8 Å². The number of methoxy groups -OCH3 is 1. The largest absolute Gasteiger partial charge is 0.497 e. The maximum absolute atomic E-state index is 13.3. The normalized spacial score (nSPS) is 21.3. The molecule has 3 rings (SSSR count). The van der Waals surface area contributed by atoms with E-state index in [4.69, 9.17) is 18.9 Å². The molecule has 230 valence electrons. The van der Waals surface area contributed by atoms with E-state index in [2.05, 4.69) is 16.0 Å². The summed E-state index contributed by atoms with van der Waals surface area (Å²) in [6.07, 6.45) is -5.88. The van der Waals surface area contributed by atoms with Crippen molar-refractivity contribution in [2.24, 2.45) is 0 Å². The van der Waals surface area contributed by atoms with Crippen LogP contribution in [0.15, 0.2) is 24.3 Å². The van der Waals surface area contributed by atoms with Gasteiger partial charge < -0.3 is 34.9 Å². The summed E-state index contributed by atoms with van der Waals surface area (Å²) in [5, 5.41) is 7.59. The zero-order valence-electron chi connectivity index (χ0n) is 23.6. The van der Waals surface area contributed by atoms with Gasteiger partial charge in [-0.15, -0.1) is 0 Å². The molecule has 2 aliphatic rings. The SMILES string of the molecule is COc1ccc(CC(NC(=O)C(C)NC(=O)CN2CCOCC2)C(=O)NC(COCC2(C)CO2)CC(F)(F)F)cc1. The molecule has 11 nitrogen and oxygen atoms in total. The number of rotatable bonds is 15. The van der Waals surface area contributed by atoms with Gasteiger partial charge in [0, 0.05) is 19.5 Å². The van der Waals surface area contributed by atoms with Crippen molar-refractivity contribution in [1.29, 1.82) is 0 Å². The second-order valence-electron chi connectivity index (χ2n) is 10.6. The molecule has 4 atom stereocenters. The molecule has 2 heterocycles. The van der Waals surface area contributed by atoms with E-state index in [1.807, 2.05) is 4.90 Å². The second kappa shape index (κ2) is 14.8. The molecule has 1 aromatic rings. The molecule has 4 unspecified atom stereocenters. The van der Waals surface area contributed by atoms with Crippen LogP contribution < -0.4 is 20.7 Å². The summed E-state index contributed by atoms with van der Waals surface area (Å²) in [4.78, 5) is 40.6. The Bertz CT molecular complexity index is 1020. The van der Waals surface area contributed by atoms with Gasteiger partial charge in [-0.25, -0.2) is 0 Å². The molecule has 0 aliphatic carbocycles. The first-order valence-electron chi connectivity index (χ1n) is 13.5. The van der Waals surface area contributed by atoms with Crippen LogP contribution in [0.4, 0.5) is 13.2 Å². The van der Waals surface area contributed by atoms with E-state index in [1.165, 1.54) is 14.0 Å². The summed E-state index contributed by atoms with van der Waals surface area (Å²) in [5.41, 5.74) is 0.109. The van der Waals surface area contributed by atoms with Gasteiger partial charge in [0.2, 0.25) is 17.7 Å². The lowest BCUT2D eigenvalue weighted by atomic mass is 10.0. The fourth-order valence-corrected chi connectivity index (χ4v) is 4.17. The maximum atomic E-state index is 13.3. The van der Waals surface area contributed by atoms with Crippen molar-refractivity contribution >= 4 is 17.7 Å². The molecule has 3 N–H and O–H groups in total. The quantitative estimate of drug-likeness (QED) is 0.257. The minimum Gasteiger partial charge on any atom is -0.497 e. The van der Waals surface area contributed by atoms with E-state index >= 15 is 0 Å². The average Bonchev–Trinajstić information content (AvgIpc) is 3.64. The molecule has 2 saturated heterocycles. The van der Waals surface area contributed by atoms with Crippen LogP contribution in [-0.2, 0) is 35.0 Å². The Morgan fingerprint density at radius 1 is 1.07 bits per heavy atom. The number of carbonyl (C=O) groups excluding carboxylic acids is 3. The Kier molecular flexibility index (Phi) is 11.8. The van der Waals surface area contributed by atoms with Crippen LogP contribution in [0.3, 0.4) is 0 Å². The first kappa shape index (κ1) is 32.6. The minimum absolute atomic E-state index is 0.0124. The van der Waals surface area contributed by atoms with Crippen molar-refractivity contribution < 1.29 is 46.5 Å². The predicted molar refractivity (Wildman–Crippen MR) is 141 cm³/mol. The number of epoxide rings is 1. The topological polar surface area (TPSA) is 131 Å². The molecule has 0 saturated carbocycles. The first-order valence-corrected chi connectivity index (χ1v) is 13.5. The van der Waals surface area contributed by atoms with Crippen molar-refractivity contribution in [1.82, 2.24) is 20.9 Å². The summed E-state index contributed by atoms with van der Waals surface area (Å²) in [6, 6.07) is 3.10. The summed E-state index contributed by atoms with van der Waals surface area (Å²) in [5.74, 6) is -1.27. The second-order valence-corrected chi connectivity index (χ2v) is 10.6. The zero-order chi connectivity index (χ0) is 30.0. The van der Waals surface area contributed by atoms with Gasteiger partial charge in [0.1, 0.15) is 23.4 Å². The predicted octanol–water partition coefficient (Wildman–Crippen LogP) is 0.802. The molecule has 2 fully saturated rings. The van der Waals surface area contributed by atoms with Crippen molar-refractivity contribution in [3.8, 4) is 5.75 Å². The molecule has 14 heteroatoms. The standard InChI is InChI=1S/C27H39F3N4O7/c1-18(31-23(35)14-34-8-10-39-11-9-34)24(36)33-22(12-19-4-6-21(38-3)7-5-19)25(37)32-20(13-27(28,29)30)15-40-16-26(2)17-41-26/h4-7,18,20,22H,8-17H2,1-3H3,(H,31,35)(H,32,37)(H,33,36). The number of carbonyl (C=O) groups is 3. The number of amides is 3. The van der Waals surface area contributed by atoms with Crippen LogP contribution in [0.5, 0.6) is 5.75 Å². The maximum Gasteiger partial charge on any atom is 0.391 e. The highest BCUT2D eigenvalue weighted by Crippen LogP contribution is 2.27. The van der Waals surface area contributed by atoms with Gasteiger partial charge in [-0.3, -0.25) is 19.3 Å². The Morgan fingerprint density at radius 3 is 2.32 bits per heavy atom. The van der Waals surface area contributed by atoms with E-state index in [-0.39, 0.29) is 32.1 Å². The van der Waals surface area contributed by atoms with Gasteiger partial charge in [0.05, 0.1) is 59.2 Å². The van der Waals surface area contributed by atoms with Gasteiger partial charge in [-0.1, -0.05) is 12.1 Å². The molecular formula is C27H39F3N4O7. The number of benzene rings is 1. The van der Waals surface area contributed by atoms with Gasteiger partial charge in [-0.05, 0) is 31.5 Å². The van der Waals surface area contributed by atoms with E-state index in [0.717, 1.165) is 0 Å². The molecular weight excluding hydrogens is 549 g/mol. The third-order valence-corrected chi connectivity index (χ3v) is 6.66. The highest BCUT2D eigenvalue weighted by molar-refractivity contribution is 5.92. The molecule has 0 radical (unpaired) electrons. The molecule has 0 spiro atoms. The minimum atomic E-state index is -4.56. The van der Waals surface area contributed by atoms with E-state index in [1.54, 1.807) is 31.2 Å². The fraction of sp³-hybridized carbons (Fsp3) is 0.667. The third-order valence-electron chi connectivity index (χ3n) is 6.66. The van der Waals surface area contributed by atoms with Crippen LogP contribution in [0.2, 0.25) is 0 Å². The summed E-state index contributed by atoms with van der Waals surface area (Å²) >= 11 is 0. The number of halogens is 3. The number of hydrogen-bond donors (Lipinski definition) is 3. The van der Waals surface area contributed by atoms with Crippen LogP contribution in [-0.4, -0.2) is 112 Å². The van der Waals surface area contributed by atoms with E-state index in [9.17, 15) is 27.6 Å². The van der Waals surface area contributed by atoms with Crippen LogP contribution in [0.25, 0.3) is 0 Å². The highest BCUT2D eigenvalue weighted by Gasteiger charge is 2.40. The van der Waals surface area contributed by atoms with Crippen molar-refractivity contribution in [3.63, 3.8) is 0 Å². The summed E-state index contributed by atoms with van der Waals surface area (Å²) < 4.78 is 60.9. The van der Waals surface area contributed by atoms with Gasteiger partial charge in [0.25, 0.3) is 0 Å². The Morgan fingerprint density at radius 2 is 1.73 bits per heavy atom. The number of alkyl halides is 3. The molecule has 0 aromatic heterocycles. The summed E-state index contributed by atoms with van der Waals surface area (Å²) in [6.45, 7) is 5.67. The number of nitrogens with one attached hydrogen (secondary N) is 3. The lowest BCUT2D eigenvalue weighted by Crippen LogP contribution is -2.56. The zero-order valence-corrected chi connectivity index (χ0v) is 23.6. The fourth-order valence-electron chi connectivity index (χ4n) is 4.17. The highest BCUT2D eigenvalue weighted by atomic mass is 19.4. The number of morpholine rings is 1. The Hall–Kier alpha value is -2.94. The molecule has 2 aliphatic heterocycles. The van der Waals surface area contributed by atoms with Gasteiger partial charge >= 0.3 is 6.18 Å².